The lowest BCUT2D eigenvalue weighted by molar-refractivity contribution is -0.341. The second kappa shape index (κ2) is 10.8. The van der Waals surface area contributed by atoms with Crippen LogP contribution in [0.4, 0.5) is 0 Å². The van der Waals surface area contributed by atoms with Crippen LogP contribution in [-0.4, -0.2) is 103 Å². The van der Waals surface area contributed by atoms with Crippen molar-refractivity contribution in [1.29, 1.82) is 0 Å². The summed E-state index contributed by atoms with van der Waals surface area (Å²) in [5.41, 5.74) is -0.852. The molecule has 2 aliphatic rings. The van der Waals surface area contributed by atoms with Gasteiger partial charge in [-0.3, -0.25) is 4.79 Å². The standard InChI is InChI=1S/C26H28O14/c1-9-17(31)20(34)24(40-25-21(35)18(32)14(30)8-36-25)26(37-9)39-23-19(33)16-13(29)6-12(28)7-15(16)38-22(23)10-2-4-11(27)5-3-10/h2-7,9,14,17-18,20-21,24-32,34-35H,8H2,1H3/t9-,14+,17-,18-,20+,21+,24+,25-,26-/m0/s1. The van der Waals surface area contributed by atoms with Gasteiger partial charge < -0.3 is 64.2 Å². The SMILES string of the molecule is C[C@@H]1O[C@@H](Oc2c(-c3ccc(O)cc3)oc3cc(O)cc(O)c3c2=O)[C@H](O[C@@H]2OC[C@@H](O)[C@H](O)[C@H]2O)[C@H](O)[C@H]1O. The summed E-state index contributed by atoms with van der Waals surface area (Å²) >= 11 is 0. The largest absolute Gasteiger partial charge is 0.508 e. The molecule has 40 heavy (non-hydrogen) atoms. The van der Waals surface area contributed by atoms with Crippen molar-refractivity contribution in [2.24, 2.45) is 0 Å². The molecule has 216 valence electrons. The lowest BCUT2D eigenvalue weighted by atomic mass is 9.99. The molecule has 3 aromatic rings. The van der Waals surface area contributed by atoms with E-state index in [2.05, 4.69) is 0 Å². The number of aliphatic hydroxyl groups excluding tert-OH is 5. The van der Waals surface area contributed by atoms with Gasteiger partial charge in [0.25, 0.3) is 0 Å². The summed E-state index contributed by atoms with van der Waals surface area (Å²) in [4.78, 5) is 13.6. The maximum absolute atomic E-state index is 13.6. The van der Waals surface area contributed by atoms with Crippen molar-refractivity contribution in [1.82, 2.24) is 0 Å². The van der Waals surface area contributed by atoms with E-state index in [9.17, 15) is 45.6 Å². The number of phenols is 3. The Bertz CT molecular complexity index is 1420. The predicted octanol–water partition coefficient (Wildman–Crippen LogP) is -0.754. The van der Waals surface area contributed by atoms with Crippen LogP contribution in [0.2, 0.25) is 0 Å². The van der Waals surface area contributed by atoms with Crippen LogP contribution in [-0.2, 0) is 14.2 Å². The van der Waals surface area contributed by atoms with Crippen LogP contribution in [0.5, 0.6) is 23.0 Å². The van der Waals surface area contributed by atoms with E-state index in [1.54, 1.807) is 0 Å². The summed E-state index contributed by atoms with van der Waals surface area (Å²) in [5.74, 6) is -1.80. The molecule has 14 nitrogen and oxygen atoms in total. The van der Waals surface area contributed by atoms with E-state index in [0.717, 1.165) is 12.1 Å². The monoisotopic (exact) mass is 564 g/mol. The van der Waals surface area contributed by atoms with Crippen molar-refractivity contribution in [3.63, 3.8) is 0 Å². The third-order valence-electron chi connectivity index (χ3n) is 6.81. The first-order chi connectivity index (χ1) is 19.0. The Kier molecular flexibility index (Phi) is 7.60. The topological polar surface area (TPSA) is 229 Å². The number of phenolic OH excluding ortho intramolecular Hbond substituents is 3. The number of ether oxygens (including phenoxy) is 4. The van der Waals surface area contributed by atoms with Gasteiger partial charge in [0.1, 0.15) is 58.7 Å². The zero-order chi connectivity index (χ0) is 28.9. The number of aliphatic hydroxyl groups is 5. The number of hydrogen-bond acceptors (Lipinski definition) is 14. The van der Waals surface area contributed by atoms with E-state index in [-0.39, 0.29) is 33.8 Å². The second-order valence-electron chi connectivity index (χ2n) is 9.63. The van der Waals surface area contributed by atoms with Gasteiger partial charge in [-0.1, -0.05) is 0 Å². The molecule has 14 heteroatoms. The highest BCUT2D eigenvalue weighted by Crippen LogP contribution is 2.38. The van der Waals surface area contributed by atoms with Gasteiger partial charge in [0, 0.05) is 17.7 Å². The third kappa shape index (κ3) is 5.07. The summed E-state index contributed by atoms with van der Waals surface area (Å²) in [5, 5.41) is 81.1. The van der Waals surface area contributed by atoms with Gasteiger partial charge in [0.15, 0.2) is 18.2 Å². The molecule has 2 saturated heterocycles. The first-order valence-electron chi connectivity index (χ1n) is 12.3. The fourth-order valence-corrected chi connectivity index (χ4v) is 4.59. The molecule has 5 rings (SSSR count). The van der Waals surface area contributed by atoms with E-state index in [1.165, 1.54) is 31.2 Å². The van der Waals surface area contributed by atoms with Gasteiger partial charge in [-0.05, 0) is 31.2 Å². The Balaban J connectivity index is 1.59. The minimum Gasteiger partial charge on any atom is -0.508 e. The molecule has 0 amide bonds. The van der Waals surface area contributed by atoms with Crippen molar-refractivity contribution in [2.45, 2.75) is 62.2 Å². The fraction of sp³-hybridized carbons (Fsp3) is 0.423. The van der Waals surface area contributed by atoms with Gasteiger partial charge in [-0.25, -0.2) is 0 Å². The molecule has 9 atom stereocenters. The highest BCUT2D eigenvalue weighted by molar-refractivity contribution is 5.88. The van der Waals surface area contributed by atoms with Crippen LogP contribution in [0.1, 0.15) is 6.92 Å². The molecule has 0 saturated carbocycles. The number of aromatic hydroxyl groups is 3. The Labute approximate surface area is 225 Å². The number of rotatable bonds is 5. The smallest absolute Gasteiger partial charge is 0.239 e. The summed E-state index contributed by atoms with van der Waals surface area (Å²) in [6.45, 7) is 1.01. The molecule has 0 spiro atoms. The van der Waals surface area contributed by atoms with Crippen LogP contribution in [0.3, 0.4) is 0 Å². The molecular weight excluding hydrogens is 536 g/mol. The van der Waals surface area contributed by atoms with Crippen molar-refractivity contribution in [2.75, 3.05) is 6.61 Å². The first kappa shape index (κ1) is 28.1. The normalized spacial score (nSPS) is 32.7. The van der Waals surface area contributed by atoms with Gasteiger partial charge in [0.05, 0.1) is 12.7 Å². The van der Waals surface area contributed by atoms with Gasteiger partial charge in [0.2, 0.25) is 17.5 Å². The van der Waals surface area contributed by atoms with Crippen molar-refractivity contribution >= 4 is 11.0 Å². The lowest BCUT2D eigenvalue weighted by Gasteiger charge is -2.44. The molecule has 2 aliphatic heterocycles. The summed E-state index contributed by atoms with van der Waals surface area (Å²) < 4.78 is 28.4. The summed E-state index contributed by atoms with van der Waals surface area (Å²) in [6.07, 6.45) is -13.9. The van der Waals surface area contributed by atoms with E-state index < -0.39 is 78.8 Å². The van der Waals surface area contributed by atoms with E-state index in [0.29, 0.717) is 0 Å². The second-order valence-corrected chi connectivity index (χ2v) is 9.63. The average Bonchev–Trinajstić information content (AvgIpc) is 2.91. The quantitative estimate of drug-likeness (QED) is 0.191. The zero-order valence-corrected chi connectivity index (χ0v) is 20.9. The molecule has 1 aromatic heterocycles. The molecule has 2 fully saturated rings. The maximum Gasteiger partial charge on any atom is 0.239 e. The van der Waals surface area contributed by atoms with Crippen LogP contribution in [0.15, 0.2) is 45.6 Å². The Hall–Kier alpha value is -3.47. The molecular formula is C26H28O14. The predicted molar refractivity (Wildman–Crippen MR) is 133 cm³/mol. The Morgan fingerprint density at radius 2 is 1.55 bits per heavy atom. The number of fused-ring (bicyclic) bond motifs is 1. The Morgan fingerprint density at radius 3 is 2.25 bits per heavy atom. The molecule has 0 bridgehead atoms. The van der Waals surface area contributed by atoms with Gasteiger partial charge in [-0.15, -0.1) is 0 Å². The van der Waals surface area contributed by atoms with E-state index in [4.69, 9.17) is 23.4 Å². The molecule has 2 aromatic carbocycles. The zero-order valence-electron chi connectivity index (χ0n) is 20.9. The van der Waals surface area contributed by atoms with E-state index >= 15 is 0 Å². The van der Waals surface area contributed by atoms with Crippen molar-refractivity contribution < 1.29 is 64.2 Å². The molecule has 8 N–H and O–H groups in total. The number of hydrogen-bond donors (Lipinski definition) is 8. The third-order valence-corrected chi connectivity index (χ3v) is 6.81. The fourth-order valence-electron chi connectivity index (χ4n) is 4.59. The highest BCUT2D eigenvalue weighted by Gasteiger charge is 2.49. The lowest BCUT2D eigenvalue weighted by Crippen LogP contribution is -2.62. The van der Waals surface area contributed by atoms with E-state index in [1.807, 2.05) is 0 Å². The van der Waals surface area contributed by atoms with Crippen LogP contribution in [0, 0.1) is 0 Å². The first-order valence-corrected chi connectivity index (χ1v) is 12.3. The molecule has 0 unspecified atom stereocenters. The highest BCUT2D eigenvalue weighted by atomic mass is 16.8. The number of benzene rings is 2. The minimum atomic E-state index is -1.75. The van der Waals surface area contributed by atoms with Gasteiger partial charge >= 0.3 is 0 Å². The average molecular weight is 564 g/mol. The summed E-state index contributed by atoms with van der Waals surface area (Å²) in [7, 11) is 0. The minimum absolute atomic E-state index is 0.0852. The molecule has 3 heterocycles. The van der Waals surface area contributed by atoms with Crippen LogP contribution < -0.4 is 10.2 Å². The molecule has 0 aliphatic carbocycles. The van der Waals surface area contributed by atoms with Crippen LogP contribution >= 0.6 is 0 Å². The van der Waals surface area contributed by atoms with Crippen LogP contribution in [0.25, 0.3) is 22.3 Å². The Morgan fingerprint density at radius 1 is 0.850 bits per heavy atom. The summed E-state index contributed by atoms with van der Waals surface area (Å²) in [6, 6.07) is 7.48. The molecule has 0 radical (unpaired) electrons. The van der Waals surface area contributed by atoms with Gasteiger partial charge in [-0.2, -0.15) is 0 Å². The van der Waals surface area contributed by atoms with Crippen molar-refractivity contribution in [3.05, 3.63) is 46.6 Å². The van der Waals surface area contributed by atoms with Crippen molar-refractivity contribution in [3.8, 4) is 34.3 Å². The maximum atomic E-state index is 13.6.